The van der Waals surface area contributed by atoms with Gasteiger partial charge in [0.1, 0.15) is 5.76 Å². The molecular formula is C14H13ClN4O2S. The number of hydrogen-bond donors (Lipinski definition) is 2. The SMILES string of the molecule is C[C@@H](NC(=O)CSc1nc2ncc(Cl)cc2[nH]1)c1ccco1. The quantitative estimate of drug-likeness (QED) is 0.699. The van der Waals surface area contributed by atoms with Crippen molar-refractivity contribution in [3.05, 3.63) is 41.4 Å². The van der Waals surface area contributed by atoms with E-state index in [1.165, 1.54) is 18.0 Å². The Labute approximate surface area is 135 Å². The molecule has 0 bridgehead atoms. The molecule has 2 N–H and O–H groups in total. The van der Waals surface area contributed by atoms with Gasteiger partial charge in [0.05, 0.1) is 28.6 Å². The number of imidazole rings is 1. The van der Waals surface area contributed by atoms with Gasteiger partial charge >= 0.3 is 0 Å². The van der Waals surface area contributed by atoms with Crippen molar-refractivity contribution in [1.29, 1.82) is 0 Å². The van der Waals surface area contributed by atoms with Gasteiger partial charge in [-0.3, -0.25) is 4.79 Å². The number of H-pyrrole nitrogens is 1. The van der Waals surface area contributed by atoms with E-state index in [0.29, 0.717) is 15.8 Å². The van der Waals surface area contributed by atoms with Crippen LogP contribution in [0.4, 0.5) is 0 Å². The molecule has 0 aliphatic carbocycles. The third-order valence-electron chi connectivity index (χ3n) is 2.97. The van der Waals surface area contributed by atoms with Gasteiger partial charge in [0.2, 0.25) is 5.91 Å². The van der Waals surface area contributed by atoms with Crippen LogP contribution in [0.25, 0.3) is 11.2 Å². The van der Waals surface area contributed by atoms with Gasteiger partial charge in [-0.15, -0.1) is 0 Å². The minimum absolute atomic E-state index is 0.0969. The maximum atomic E-state index is 11.9. The maximum Gasteiger partial charge on any atom is 0.231 e. The molecule has 0 aliphatic heterocycles. The van der Waals surface area contributed by atoms with Gasteiger partial charge < -0.3 is 14.7 Å². The monoisotopic (exact) mass is 336 g/mol. The van der Waals surface area contributed by atoms with Crippen LogP contribution in [0.3, 0.4) is 0 Å². The molecule has 1 amide bonds. The molecule has 0 saturated heterocycles. The number of carbonyl (C=O) groups excluding carboxylic acids is 1. The largest absolute Gasteiger partial charge is 0.467 e. The molecule has 3 aromatic rings. The predicted molar refractivity (Wildman–Crippen MR) is 84.9 cm³/mol. The zero-order valence-electron chi connectivity index (χ0n) is 11.7. The van der Waals surface area contributed by atoms with Crippen LogP contribution in [-0.4, -0.2) is 26.6 Å². The lowest BCUT2D eigenvalue weighted by molar-refractivity contribution is -0.119. The minimum Gasteiger partial charge on any atom is -0.467 e. The zero-order valence-corrected chi connectivity index (χ0v) is 13.2. The number of aromatic nitrogens is 3. The fraction of sp³-hybridized carbons (Fsp3) is 0.214. The number of nitrogens with zero attached hydrogens (tertiary/aromatic N) is 2. The molecule has 114 valence electrons. The molecule has 0 aliphatic rings. The summed E-state index contributed by atoms with van der Waals surface area (Å²) in [4.78, 5) is 23.4. The maximum absolute atomic E-state index is 11.9. The van der Waals surface area contributed by atoms with E-state index in [1.54, 1.807) is 18.4 Å². The van der Waals surface area contributed by atoms with E-state index in [1.807, 2.05) is 13.0 Å². The van der Waals surface area contributed by atoms with Crippen molar-refractivity contribution in [3.8, 4) is 0 Å². The van der Waals surface area contributed by atoms with Gasteiger partial charge in [0.15, 0.2) is 10.8 Å². The van der Waals surface area contributed by atoms with Gasteiger partial charge in [-0.05, 0) is 25.1 Å². The first kappa shape index (κ1) is 14.9. The van der Waals surface area contributed by atoms with Crippen molar-refractivity contribution in [2.24, 2.45) is 0 Å². The summed E-state index contributed by atoms with van der Waals surface area (Å²) >= 11 is 7.18. The van der Waals surface area contributed by atoms with E-state index in [0.717, 1.165) is 11.3 Å². The Hall–Kier alpha value is -1.99. The molecule has 3 rings (SSSR count). The molecule has 6 nitrogen and oxygen atoms in total. The second-order valence-electron chi connectivity index (χ2n) is 4.66. The number of nitrogens with one attached hydrogen (secondary N) is 2. The van der Waals surface area contributed by atoms with Gasteiger partial charge in [-0.1, -0.05) is 23.4 Å². The molecule has 3 aromatic heterocycles. The number of hydrogen-bond acceptors (Lipinski definition) is 5. The summed E-state index contributed by atoms with van der Waals surface area (Å²) in [5, 5.41) is 4.03. The van der Waals surface area contributed by atoms with Gasteiger partial charge in [-0.25, -0.2) is 9.97 Å². The fourth-order valence-electron chi connectivity index (χ4n) is 1.95. The molecule has 3 heterocycles. The lowest BCUT2D eigenvalue weighted by Crippen LogP contribution is -2.27. The normalized spacial score (nSPS) is 12.5. The predicted octanol–water partition coefficient (Wildman–Crippen LogP) is 3.17. The van der Waals surface area contributed by atoms with Crippen LogP contribution in [0.5, 0.6) is 0 Å². The number of furan rings is 1. The number of thioether (sulfide) groups is 1. The number of fused-ring (bicyclic) bond motifs is 1. The lowest BCUT2D eigenvalue weighted by Gasteiger charge is -2.10. The van der Waals surface area contributed by atoms with Crippen molar-refractivity contribution < 1.29 is 9.21 Å². The highest BCUT2D eigenvalue weighted by atomic mass is 35.5. The molecule has 22 heavy (non-hydrogen) atoms. The topological polar surface area (TPSA) is 83.8 Å². The first-order valence-corrected chi connectivity index (χ1v) is 7.95. The number of halogens is 1. The Morgan fingerprint density at radius 1 is 1.59 bits per heavy atom. The standard InChI is InChI=1S/C14H13ClN4O2S/c1-8(11-3-2-4-21-11)17-12(20)7-22-14-18-10-5-9(15)6-16-13(10)19-14/h2-6,8H,7H2,1H3,(H,17,20)(H,16,18,19)/t8-/m1/s1. The first-order valence-electron chi connectivity index (χ1n) is 6.58. The molecule has 0 radical (unpaired) electrons. The average Bonchev–Trinajstić information content (AvgIpc) is 3.13. The van der Waals surface area contributed by atoms with Crippen LogP contribution in [0.1, 0.15) is 18.7 Å². The number of pyridine rings is 1. The van der Waals surface area contributed by atoms with Crippen LogP contribution >= 0.6 is 23.4 Å². The van der Waals surface area contributed by atoms with Crippen LogP contribution in [0.15, 0.2) is 40.2 Å². The van der Waals surface area contributed by atoms with Crippen LogP contribution in [0, 0.1) is 0 Å². The zero-order chi connectivity index (χ0) is 15.5. The van der Waals surface area contributed by atoms with Crippen molar-refractivity contribution in [1.82, 2.24) is 20.3 Å². The smallest absolute Gasteiger partial charge is 0.231 e. The summed E-state index contributed by atoms with van der Waals surface area (Å²) < 4.78 is 5.25. The van der Waals surface area contributed by atoms with Crippen molar-refractivity contribution in [3.63, 3.8) is 0 Å². The fourth-order valence-corrected chi connectivity index (χ4v) is 2.79. The van der Waals surface area contributed by atoms with E-state index in [9.17, 15) is 4.79 Å². The second kappa shape index (κ2) is 6.41. The number of amides is 1. The van der Waals surface area contributed by atoms with Crippen molar-refractivity contribution in [2.75, 3.05) is 5.75 Å². The molecule has 0 spiro atoms. The number of carbonyl (C=O) groups is 1. The summed E-state index contributed by atoms with van der Waals surface area (Å²) in [7, 11) is 0. The van der Waals surface area contributed by atoms with Gasteiger partial charge in [-0.2, -0.15) is 0 Å². The molecule has 0 unspecified atom stereocenters. The van der Waals surface area contributed by atoms with Crippen molar-refractivity contribution >= 4 is 40.4 Å². The Balaban J connectivity index is 1.58. The third kappa shape index (κ3) is 3.42. The Morgan fingerprint density at radius 3 is 3.23 bits per heavy atom. The lowest BCUT2D eigenvalue weighted by atomic mass is 10.2. The Morgan fingerprint density at radius 2 is 2.45 bits per heavy atom. The summed E-state index contributed by atoms with van der Waals surface area (Å²) in [6, 6.07) is 5.20. The van der Waals surface area contributed by atoms with E-state index in [4.69, 9.17) is 16.0 Å². The van der Waals surface area contributed by atoms with Crippen molar-refractivity contribution in [2.45, 2.75) is 18.1 Å². The number of rotatable bonds is 5. The van der Waals surface area contributed by atoms with E-state index in [2.05, 4.69) is 20.3 Å². The highest BCUT2D eigenvalue weighted by Crippen LogP contribution is 2.20. The van der Waals surface area contributed by atoms with E-state index >= 15 is 0 Å². The molecule has 0 fully saturated rings. The van der Waals surface area contributed by atoms with Gasteiger partial charge in [0, 0.05) is 6.20 Å². The van der Waals surface area contributed by atoms with E-state index in [-0.39, 0.29) is 17.7 Å². The Kier molecular flexibility index (Phi) is 4.35. The summed E-state index contributed by atoms with van der Waals surface area (Å²) in [6.45, 7) is 1.87. The summed E-state index contributed by atoms with van der Waals surface area (Å²) in [5.74, 6) is 0.875. The highest BCUT2D eigenvalue weighted by Gasteiger charge is 2.13. The summed E-state index contributed by atoms with van der Waals surface area (Å²) in [5.41, 5.74) is 1.33. The molecular weight excluding hydrogens is 324 g/mol. The van der Waals surface area contributed by atoms with Crippen LogP contribution < -0.4 is 5.32 Å². The highest BCUT2D eigenvalue weighted by molar-refractivity contribution is 7.99. The first-order chi connectivity index (χ1) is 10.6. The average molecular weight is 337 g/mol. The van der Waals surface area contributed by atoms with Gasteiger partial charge in [0.25, 0.3) is 0 Å². The molecule has 1 atom stereocenters. The molecule has 0 aromatic carbocycles. The second-order valence-corrected chi connectivity index (χ2v) is 6.06. The molecule has 8 heteroatoms. The minimum atomic E-state index is -0.167. The van der Waals surface area contributed by atoms with E-state index < -0.39 is 0 Å². The third-order valence-corrected chi connectivity index (χ3v) is 4.05. The molecule has 0 saturated carbocycles. The number of aromatic amines is 1. The summed E-state index contributed by atoms with van der Waals surface area (Å²) in [6.07, 6.45) is 3.12. The van der Waals surface area contributed by atoms with Crippen LogP contribution in [0.2, 0.25) is 5.02 Å². The Bertz CT molecular complexity index is 787. The van der Waals surface area contributed by atoms with Crippen LogP contribution in [-0.2, 0) is 4.79 Å².